The van der Waals surface area contributed by atoms with Crippen LogP contribution in [0.1, 0.15) is 22.3 Å². The largest absolute Gasteiger partial charge is 0.488 e. The second-order valence-corrected chi connectivity index (χ2v) is 8.77. The SMILES string of the molecule is Cc1cc(C)cc(COc2ccc(Cl)cc2/C=C2\C(=O)NC(=O)N(c3ccc(Cl)cc3)C2=O)c1. The summed E-state index contributed by atoms with van der Waals surface area (Å²) in [4.78, 5) is 39.0. The normalized spacial score (nSPS) is 15.0. The number of hydrogen-bond donors (Lipinski definition) is 1. The van der Waals surface area contributed by atoms with Crippen molar-refractivity contribution in [1.29, 1.82) is 0 Å². The van der Waals surface area contributed by atoms with Crippen molar-refractivity contribution in [1.82, 2.24) is 5.32 Å². The summed E-state index contributed by atoms with van der Waals surface area (Å²) in [5.74, 6) is -1.14. The molecule has 34 heavy (non-hydrogen) atoms. The summed E-state index contributed by atoms with van der Waals surface area (Å²) in [5.41, 5.74) is 3.70. The van der Waals surface area contributed by atoms with E-state index >= 15 is 0 Å². The van der Waals surface area contributed by atoms with E-state index in [4.69, 9.17) is 27.9 Å². The smallest absolute Gasteiger partial charge is 0.335 e. The van der Waals surface area contributed by atoms with E-state index in [1.54, 1.807) is 30.3 Å². The summed E-state index contributed by atoms with van der Waals surface area (Å²) in [6.45, 7) is 4.31. The lowest BCUT2D eigenvalue weighted by atomic mass is 10.1. The topological polar surface area (TPSA) is 75.7 Å². The van der Waals surface area contributed by atoms with Gasteiger partial charge in [0, 0.05) is 15.6 Å². The number of imide groups is 2. The van der Waals surface area contributed by atoms with Crippen LogP contribution < -0.4 is 15.0 Å². The molecule has 4 amide bonds. The second kappa shape index (κ2) is 9.71. The van der Waals surface area contributed by atoms with Crippen molar-refractivity contribution < 1.29 is 19.1 Å². The molecular formula is C26H20Cl2N2O4. The number of halogens is 2. The number of hydrogen-bond acceptors (Lipinski definition) is 4. The molecule has 4 rings (SSSR count). The van der Waals surface area contributed by atoms with Crippen molar-refractivity contribution in [3.05, 3.63) is 98.5 Å². The van der Waals surface area contributed by atoms with Gasteiger partial charge >= 0.3 is 6.03 Å². The van der Waals surface area contributed by atoms with E-state index in [0.717, 1.165) is 21.6 Å². The van der Waals surface area contributed by atoms with E-state index in [1.165, 1.54) is 18.2 Å². The summed E-state index contributed by atoms with van der Waals surface area (Å²) >= 11 is 12.1. The van der Waals surface area contributed by atoms with Gasteiger partial charge in [-0.25, -0.2) is 9.69 Å². The van der Waals surface area contributed by atoms with E-state index in [2.05, 4.69) is 11.4 Å². The van der Waals surface area contributed by atoms with Gasteiger partial charge in [0.1, 0.15) is 17.9 Å². The Hall–Kier alpha value is -3.61. The molecule has 0 bridgehead atoms. The lowest BCUT2D eigenvalue weighted by molar-refractivity contribution is -0.122. The first-order chi connectivity index (χ1) is 16.2. The number of ether oxygens (including phenoxy) is 1. The molecule has 3 aromatic carbocycles. The summed E-state index contributed by atoms with van der Waals surface area (Å²) < 4.78 is 6.00. The minimum atomic E-state index is -0.841. The van der Waals surface area contributed by atoms with Gasteiger partial charge in [0.2, 0.25) is 0 Å². The van der Waals surface area contributed by atoms with Crippen LogP contribution in [-0.2, 0) is 16.2 Å². The van der Waals surface area contributed by atoms with Crippen molar-refractivity contribution >= 4 is 52.8 Å². The van der Waals surface area contributed by atoms with Crippen molar-refractivity contribution in [3.8, 4) is 5.75 Å². The predicted molar refractivity (Wildman–Crippen MR) is 132 cm³/mol. The van der Waals surface area contributed by atoms with Crippen LogP contribution in [0.3, 0.4) is 0 Å². The quantitative estimate of drug-likeness (QED) is 0.356. The average Bonchev–Trinajstić information content (AvgIpc) is 2.76. The van der Waals surface area contributed by atoms with Gasteiger partial charge in [-0.1, -0.05) is 52.5 Å². The monoisotopic (exact) mass is 494 g/mol. The van der Waals surface area contributed by atoms with Crippen molar-refractivity contribution in [2.24, 2.45) is 0 Å². The number of nitrogens with zero attached hydrogens (tertiary/aromatic N) is 1. The summed E-state index contributed by atoms with van der Waals surface area (Å²) in [6.07, 6.45) is 1.37. The second-order valence-electron chi connectivity index (χ2n) is 7.90. The molecule has 0 aliphatic carbocycles. The summed E-state index contributed by atoms with van der Waals surface area (Å²) in [5, 5.41) is 3.05. The number of rotatable bonds is 5. The third-order valence-corrected chi connectivity index (χ3v) is 5.62. The Morgan fingerprint density at radius 3 is 2.21 bits per heavy atom. The Morgan fingerprint density at radius 1 is 0.882 bits per heavy atom. The lowest BCUT2D eigenvalue weighted by Gasteiger charge is -2.26. The minimum Gasteiger partial charge on any atom is -0.488 e. The molecule has 1 saturated heterocycles. The molecule has 172 valence electrons. The van der Waals surface area contributed by atoms with Gasteiger partial charge in [0.05, 0.1) is 5.69 Å². The van der Waals surface area contributed by atoms with E-state index in [0.29, 0.717) is 21.4 Å². The molecule has 1 aliphatic heterocycles. The molecule has 1 heterocycles. The van der Waals surface area contributed by atoms with E-state index in [9.17, 15) is 14.4 Å². The molecule has 1 fully saturated rings. The first kappa shape index (κ1) is 23.5. The fraction of sp³-hybridized carbons (Fsp3) is 0.115. The zero-order valence-electron chi connectivity index (χ0n) is 18.4. The maximum absolute atomic E-state index is 13.2. The van der Waals surface area contributed by atoms with Gasteiger partial charge in [-0.3, -0.25) is 14.9 Å². The maximum Gasteiger partial charge on any atom is 0.335 e. The molecule has 8 heteroatoms. The first-order valence-electron chi connectivity index (χ1n) is 10.4. The van der Waals surface area contributed by atoms with Crippen LogP contribution in [0.25, 0.3) is 6.08 Å². The highest BCUT2D eigenvalue weighted by atomic mass is 35.5. The van der Waals surface area contributed by atoms with Gasteiger partial charge in [0.15, 0.2) is 0 Å². The van der Waals surface area contributed by atoms with Gasteiger partial charge in [0.25, 0.3) is 11.8 Å². The van der Waals surface area contributed by atoms with Crippen LogP contribution in [-0.4, -0.2) is 17.8 Å². The standard InChI is InChI=1S/C26H20Cl2N2O4/c1-15-9-16(2)11-17(10-15)14-34-23-8-5-20(28)12-18(23)13-22-24(31)29-26(33)30(25(22)32)21-6-3-19(27)4-7-21/h3-13H,14H2,1-2H3,(H,29,31,33)/b22-13+. The highest BCUT2D eigenvalue weighted by Crippen LogP contribution is 2.29. The van der Waals surface area contributed by atoms with Gasteiger partial charge in [-0.15, -0.1) is 0 Å². The molecule has 0 saturated carbocycles. The number of carbonyl (C=O) groups excluding carboxylic acids is 3. The molecular weight excluding hydrogens is 475 g/mol. The van der Waals surface area contributed by atoms with Crippen molar-refractivity contribution in [2.75, 3.05) is 4.90 Å². The number of urea groups is 1. The van der Waals surface area contributed by atoms with Gasteiger partial charge in [-0.2, -0.15) is 0 Å². The minimum absolute atomic E-state index is 0.229. The molecule has 0 radical (unpaired) electrons. The van der Waals surface area contributed by atoms with Crippen LogP contribution in [0, 0.1) is 13.8 Å². The third-order valence-electron chi connectivity index (χ3n) is 5.13. The molecule has 3 aromatic rings. The molecule has 1 N–H and O–H groups in total. The number of barbiturate groups is 1. The van der Waals surface area contributed by atoms with Crippen LogP contribution in [0.5, 0.6) is 5.75 Å². The molecule has 0 aromatic heterocycles. The van der Waals surface area contributed by atoms with Crippen LogP contribution in [0.15, 0.2) is 66.2 Å². The Kier molecular flexibility index (Phi) is 6.72. The maximum atomic E-state index is 13.2. The van der Waals surface area contributed by atoms with E-state index < -0.39 is 17.8 Å². The highest BCUT2D eigenvalue weighted by Gasteiger charge is 2.37. The number of carbonyl (C=O) groups is 3. The number of amides is 4. The highest BCUT2D eigenvalue weighted by molar-refractivity contribution is 6.39. The summed E-state index contributed by atoms with van der Waals surface area (Å²) in [6, 6.07) is 16.3. The van der Waals surface area contributed by atoms with E-state index in [1.807, 2.05) is 26.0 Å². The molecule has 0 unspecified atom stereocenters. The van der Waals surface area contributed by atoms with Gasteiger partial charge in [-0.05, 0) is 68.0 Å². The first-order valence-corrected chi connectivity index (χ1v) is 11.1. The Morgan fingerprint density at radius 2 is 1.53 bits per heavy atom. The number of anilines is 1. The zero-order valence-corrected chi connectivity index (χ0v) is 19.9. The molecule has 6 nitrogen and oxygen atoms in total. The summed E-state index contributed by atoms with van der Waals surface area (Å²) in [7, 11) is 0. The fourth-order valence-corrected chi connectivity index (χ4v) is 4.02. The van der Waals surface area contributed by atoms with Crippen LogP contribution in [0.4, 0.5) is 10.5 Å². The third kappa shape index (κ3) is 5.14. The number of benzene rings is 3. The van der Waals surface area contributed by atoms with Gasteiger partial charge < -0.3 is 4.74 Å². The Bertz CT molecular complexity index is 1310. The van der Waals surface area contributed by atoms with Crippen molar-refractivity contribution in [2.45, 2.75) is 20.5 Å². The molecule has 0 atom stereocenters. The number of aryl methyl sites for hydroxylation is 2. The average molecular weight is 495 g/mol. The lowest BCUT2D eigenvalue weighted by Crippen LogP contribution is -2.54. The van der Waals surface area contributed by atoms with Crippen LogP contribution in [0.2, 0.25) is 10.0 Å². The number of nitrogens with one attached hydrogen (secondary N) is 1. The Labute approximate surface area is 206 Å². The fourth-order valence-electron chi connectivity index (χ4n) is 3.71. The Balaban J connectivity index is 1.67. The van der Waals surface area contributed by atoms with Crippen LogP contribution >= 0.6 is 23.2 Å². The zero-order chi connectivity index (χ0) is 24.4. The predicted octanol–water partition coefficient (Wildman–Crippen LogP) is 5.86. The van der Waals surface area contributed by atoms with Crippen molar-refractivity contribution in [3.63, 3.8) is 0 Å². The van der Waals surface area contributed by atoms with E-state index in [-0.39, 0.29) is 17.9 Å². The molecule has 0 spiro atoms. The molecule has 1 aliphatic rings.